The van der Waals surface area contributed by atoms with Crippen LogP contribution in [0.4, 0.5) is 11.4 Å². The Kier molecular flexibility index (Phi) is 4.56. The zero-order valence-corrected chi connectivity index (χ0v) is 15.6. The lowest BCUT2D eigenvalue weighted by atomic mass is 10.1. The van der Waals surface area contributed by atoms with Gasteiger partial charge in [0.1, 0.15) is 6.54 Å². The molecule has 9 heteroatoms. The van der Waals surface area contributed by atoms with Crippen molar-refractivity contribution in [3.05, 3.63) is 59.1 Å². The van der Waals surface area contributed by atoms with Gasteiger partial charge in [-0.15, -0.1) is 0 Å². The first-order valence-corrected chi connectivity index (χ1v) is 9.00. The number of para-hydroxylation sites is 1. The first-order valence-electron chi connectivity index (χ1n) is 8.62. The summed E-state index contributed by atoms with van der Waals surface area (Å²) in [5, 5.41) is 12.2. The van der Waals surface area contributed by atoms with Crippen molar-refractivity contribution in [2.24, 2.45) is 10.3 Å². The van der Waals surface area contributed by atoms with E-state index in [0.29, 0.717) is 16.4 Å². The molecule has 28 heavy (non-hydrogen) atoms. The van der Waals surface area contributed by atoms with Gasteiger partial charge in [-0.3, -0.25) is 19.4 Å². The molecule has 2 aromatic rings. The highest BCUT2D eigenvalue weighted by molar-refractivity contribution is 6.32. The molecular weight excluding hydrogens is 382 g/mol. The molecule has 8 nitrogen and oxygen atoms in total. The summed E-state index contributed by atoms with van der Waals surface area (Å²) < 4.78 is 0. The highest BCUT2D eigenvalue weighted by Gasteiger charge is 2.55. The number of amides is 3. The van der Waals surface area contributed by atoms with Crippen LogP contribution in [-0.2, 0) is 14.4 Å². The first-order chi connectivity index (χ1) is 13.5. The molecule has 142 valence electrons. The third-order valence-corrected chi connectivity index (χ3v) is 5.04. The van der Waals surface area contributed by atoms with Gasteiger partial charge in [-0.05, 0) is 36.8 Å². The van der Waals surface area contributed by atoms with Crippen molar-refractivity contribution >= 4 is 40.7 Å². The van der Waals surface area contributed by atoms with Gasteiger partial charge in [0.15, 0.2) is 12.1 Å². The first kappa shape index (κ1) is 18.1. The fraction of sp³-hybridized carbons (Fsp3) is 0.211. The van der Waals surface area contributed by atoms with E-state index in [1.807, 2.05) is 13.0 Å². The highest BCUT2D eigenvalue weighted by atomic mass is 35.5. The molecular formula is C19H16ClN5O3. The monoisotopic (exact) mass is 397 g/mol. The molecule has 1 saturated heterocycles. The van der Waals surface area contributed by atoms with E-state index in [1.54, 1.807) is 42.5 Å². The minimum atomic E-state index is -0.961. The number of imide groups is 1. The second-order valence-electron chi connectivity index (χ2n) is 6.55. The molecule has 0 bridgehead atoms. The quantitative estimate of drug-likeness (QED) is 0.802. The van der Waals surface area contributed by atoms with E-state index in [2.05, 4.69) is 15.7 Å². The van der Waals surface area contributed by atoms with Crippen LogP contribution < -0.4 is 10.2 Å². The minimum Gasteiger partial charge on any atom is -0.324 e. The van der Waals surface area contributed by atoms with Crippen molar-refractivity contribution in [1.82, 2.24) is 5.01 Å². The Labute approximate surface area is 165 Å². The summed E-state index contributed by atoms with van der Waals surface area (Å²) >= 11 is 6.13. The Morgan fingerprint density at radius 1 is 1.14 bits per heavy atom. The number of aryl methyl sites for hydroxylation is 1. The summed E-state index contributed by atoms with van der Waals surface area (Å²) in [6, 6.07) is 12.0. The van der Waals surface area contributed by atoms with E-state index in [9.17, 15) is 14.4 Å². The van der Waals surface area contributed by atoms with E-state index in [1.165, 1.54) is 5.01 Å². The van der Waals surface area contributed by atoms with Gasteiger partial charge in [-0.2, -0.15) is 5.11 Å². The van der Waals surface area contributed by atoms with Gasteiger partial charge < -0.3 is 5.32 Å². The van der Waals surface area contributed by atoms with Crippen LogP contribution in [0.25, 0.3) is 0 Å². The van der Waals surface area contributed by atoms with Crippen molar-refractivity contribution in [2.45, 2.75) is 19.0 Å². The smallest absolute Gasteiger partial charge is 0.263 e. The van der Waals surface area contributed by atoms with E-state index in [0.717, 1.165) is 10.5 Å². The molecule has 2 aliphatic rings. The second-order valence-corrected chi connectivity index (χ2v) is 6.96. The number of halogens is 1. The molecule has 2 atom stereocenters. The number of nitrogens with one attached hydrogen (secondary N) is 1. The van der Waals surface area contributed by atoms with Crippen molar-refractivity contribution < 1.29 is 14.4 Å². The summed E-state index contributed by atoms with van der Waals surface area (Å²) in [4.78, 5) is 39.0. The van der Waals surface area contributed by atoms with Crippen molar-refractivity contribution in [3.63, 3.8) is 0 Å². The molecule has 1 N–H and O–H groups in total. The number of rotatable bonds is 4. The van der Waals surface area contributed by atoms with E-state index < -0.39 is 23.9 Å². The van der Waals surface area contributed by atoms with Crippen LogP contribution >= 0.6 is 11.6 Å². The lowest BCUT2D eigenvalue weighted by Gasteiger charge is -2.20. The third-order valence-electron chi connectivity index (χ3n) is 4.63. The minimum absolute atomic E-state index is 0.193. The van der Waals surface area contributed by atoms with Gasteiger partial charge in [-0.1, -0.05) is 41.1 Å². The number of hydrogen-bond donors (Lipinski definition) is 1. The molecule has 2 aromatic carbocycles. The van der Waals surface area contributed by atoms with Crippen LogP contribution in [0, 0.1) is 6.92 Å². The van der Waals surface area contributed by atoms with Crippen LogP contribution in [0.15, 0.2) is 58.9 Å². The van der Waals surface area contributed by atoms with Crippen LogP contribution in [0.1, 0.15) is 5.56 Å². The summed E-state index contributed by atoms with van der Waals surface area (Å²) in [5.74, 6) is -1.32. The highest BCUT2D eigenvalue weighted by Crippen LogP contribution is 2.33. The normalized spacial score (nSPS) is 20.6. The predicted molar refractivity (Wildman–Crippen MR) is 103 cm³/mol. The number of fused-ring (bicyclic) bond motifs is 1. The molecule has 0 saturated carbocycles. The lowest BCUT2D eigenvalue weighted by Crippen LogP contribution is -2.43. The van der Waals surface area contributed by atoms with Gasteiger partial charge in [0.05, 0.1) is 5.69 Å². The van der Waals surface area contributed by atoms with E-state index in [4.69, 9.17) is 11.6 Å². The van der Waals surface area contributed by atoms with Gasteiger partial charge >= 0.3 is 0 Å². The van der Waals surface area contributed by atoms with Crippen molar-refractivity contribution in [3.8, 4) is 0 Å². The van der Waals surface area contributed by atoms with Gasteiger partial charge in [0.2, 0.25) is 5.91 Å². The zero-order chi connectivity index (χ0) is 19.8. The number of nitrogens with zero attached hydrogens (tertiary/aromatic N) is 4. The molecule has 0 unspecified atom stereocenters. The van der Waals surface area contributed by atoms with Crippen molar-refractivity contribution in [2.75, 3.05) is 16.8 Å². The van der Waals surface area contributed by atoms with Gasteiger partial charge in [0, 0.05) is 10.7 Å². The van der Waals surface area contributed by atoms with E-state index >= 15 is 0 Å². The summed E-state index contributed by atoms with van der Waals surface area (Å²) in [7, 11) is 0. The molecule has 0 spiro atoms. The molecule has 0 aromatic heterocycles. The third kappa shape index (κ3) is 3.11. The summed E-state index contributed by atoms with van der Waals surface area (Å²) in [5.41, 5.74) is 1.84. The van der Waals surface area contributed by atoms with Crippen LogP contribution in [0.5, 0.6) is 0 Å². The predicted octanol–water partition coefficient (Wildman–Crippen LogP) is 2.58. The Morgan fingerprint density at radius 2 is 1.89 bits per heavy atom. The van der Waals surface area contributed by atoms with Gasteiger partial charge in [0.25, 0.3) is 11.8 Å². The molecule has 0 radical (unpaired) electrons. The number of carbonyl (C=O) groups excluding carboxylic acids is 3. The van der Waals surface area contributed by atoms with Crippen LogP contribution in [-0.4, -0.2) is 41.4 Å². The van der Waals surface area contributed by atoms with Gasteiger partial charge in [-0.25, -0.2) is 4.90 Å². The number of hydrogen-bond acceptors (Lipinski definition) is 6. The Balaban J connectivity index is 1.51. The zero-order valence-electron chi connectivity index (χ0n) is 14.9. The van der Waals surface area contributed by atoms with E-state index in [-0.39, 0.29) is 12.5 Å². The standard InChI is InChI=1S/C19H16ClN5O3/c1-11-7-8-13(9-14(11)20)25-18(27)16-17(19(25)28)24(23-22-16)10-15(26)21-12-5-3-2-4-6-12/h2-9,16-17H,10H2,1H3,(H,21,26)/t16-,17-/m0/s1. The SMILES string of the molecule is Cc1ccc(N2C(=O)[C@H]3N=NN(CC(=O)Nc4ccccc4)[C@@H]3C2=O)cc1Cl. The average Bonchev–Trinajstić information content (AvgIpc) is 3.18. The molecule has 4 rings (SSSR count). The Bertz CT molecular complexity index is 994. The Morgan fingerprint density at radius 3 is 2.61 bits per heavy atom. The molecule has 1 fully saturated rings. The van der Waals surface area contributed by atoms with Crippen LogP contribution in [0.2, 0.25) is 5.02 Å². The molecule has 3 amide bonds. The number of anilines is 2. The molecule has 2 aliphatic heterocycles. The topological polar surface area (TPSA) is 94.4 Å². The number of benzene rings is 2. The maximum atomic E-state index is 12.9. The molecule has 0 aliphatic carbocycles. The summed E-state index contributed by atoms with van der Waals surface area (Å²) in [6.07, 6.45) is 0. The lowest BCUT2D eigenvalue weighted by molar-refractivity contribution is -0.123. The fourth-order valence-corrected chi connectivity index (χ4v) is 3.37. The maximum absolute atomic E-state index is 12.9. The second kappa shape index (κ2) is 7.05. The summed E-state index contributed by atoms with van der Waals surface area (Å²) in [6.45, 7) is 1.64. The van der Waals surface area contributed by atoms with Crippen molar-refractivity contribution in [1.29, 1.82) is 0 Å². The Hall–Kier alpha value is -3.26. The maximum Gasteiger partial charge on any atom is 0.263 e. The average molecular weight is 398 g/mol. The van der Waals surface area contributed by atoms with Crippen LogP contribution in [0.3, 0.4) is 0 Å². The number of carbonyl (C=O) groups is 3. The fourth-order valence-electron chi connectivity index (χ4n) is 3.20. The molecule has 2 heterocycles. The largest absolute Gasteiger partial charge is 0.324 e.